The van der Waals surface area contributed by atoms with Crippen LogP contribution in [0.3, 0.4) is 0 Å². The summed E-state index contributed by atoms with van der Waals surface area (Å²) in [7, 11) is 0. The van der Waals surface area contributed by atoms with Crippen LogP contribution in [0.5, 0.6) is 5.75 Å². The van der Waals surface area contributed by atoms with E-state index in [1.807, 2.05) is 18.2 Å². The van der Waals surface area contributed by atoms with Gasteiger partial charge >= 0.3 is 0 Å². The number of benzene rings is 1. The third-order valence-corrected chi connectivity index (χ3v) is 3.03. The Morgan fingerprint density at radius 1 is 1.17 bits per heavy atom. The Kier molecular flexibility index (Phi) is 2.52. The van der Waals surface area contributed by atoms with Gasteiger partial charge in [-0.05, 0) is 25.0 Å². The zero-order chi connectivity index (χ0) is 12.5. The smallest absolute Gasteiger partial charge is 0.235 e. The molecule has 0 saturated heterocycles. The molecule has 1 aliphatic rings. The van der Waals surface area contributed by atoms with Crippen molar-refractivity contribution in [2.24, 2.45) is 0 Å². The lowest BCUT2D eigenvalue weighted by Crippen LogP contribution is -2.04. The molecular formula is C15H12O3. The first kappa shape index (κ1) is 10.8. The van der Waals surface area contributed by atoms with E-state index in [1.54, 1.807) is 24.3 Å². The first-order chi connectivity index (χ1) is 8.77. The van der Waals surface area contributed by atoms with Gasteiger partial charge in [-0.2, -0.15) is 0 Å². The molecule has 3 nitrogen and oxygen atoms in total. The van der Waals surface area contributed by atoms with Crippen LogP contribution in [0.4, 0.5) is 0 Å². The number of aromatic hydroxyl groups is 1. The van der Waals surface area contributed by atoms with Crippen LogP contribution in [0.1, 0.15) is 18.6 Å². The average Bonchev–Trinajstić information content (AvgIpc) is 2.44. The minimum Gasteiger partial charge on any atom is -0.502 e. The van der Waals surface area contributed by atoms with Gasteiger partial charge in [0.2, 0.25) is 11.2 Å². The second-order valence-electron chi connectivity index (χ2n) is 4.24. The maximum absolute atomic E-state index is 12.0. The molecule has 0 unspecified atom stereocenters. The van der Waals surface area contributed by atoms with E-state index in [4.69, 9.17) is 4.42 Å². The third-order valence-electron chi connectivity index (χ3n) is 3.03. The number of allylic oxidation sites excluding steroid dienone is 4. The van der Waals surface area contributed by atoms with E-state index in [-0.39, 0.29) is 16.9 Å². The number of para-hydroxylation sites is 1. The number of fused-ring (bicyclic) bond motifs is 1. The number of hydrogen-bond donors (Lipinski definition) is 1. The fourth-order valence-electron chi connectivity index (χ4n) is 2.11. The van der Waals surface area contributed by atoms with Crippen molar-refractivity contribution in [2.45, 2.75) is 12.8 Å². The molecular weight excluding hydrogens is 228 g/mol. The molecule has 1 N–H and O–H groups in total. The SMILES string of the molecule is O=c1c(O)c(C2=CCCC=C2)oc2ccccc12. The summed E-state index contributed by atoms with van der Waals surface area (Å²) in [6, 6.07) is 6.93. The fourth-order valence-corrected chi connectivity index (χ4v) is 2.11. The van der Waals surface area contributed by atoms with E-state index in [0.29, 0.717) is 11.0 Å². The van der Waals surface area contributed by atoms with Crippen LogP contribution in [0.2, 0.25) is 0 Å². The molecule has 0 aliphatic heterocycles. The summed E-state index contributed by atoms with van der Waals surface area (Å²) >= 11 is 0. The Balaban J connectivity index is 2.31. The predicted molar refractivity (Wildman–Crippen MR) is 70.5 cm³/mol. The Bertz CT molecular complexity index is 720. The van der Waals surface area contributed by atoms with Gasteiger partial charge in [0.1, 0.15) is 5.58 Å². The lowest BCUT2D eigenvalue weighted by molar-refractivity contribution is 0.436. The second-order valence-corrected chi connectivity index (χ2v) is 4.24. The summed E-state index contributed by atoms with van der Waals surface area (Å²) in [6.45, 7) is 0. The molecule has 1 heterocycles. The molecule has 1 aromatic carbocycles. The van der Waals surface area contributed by atoms with Gasteiger partial charge in [0, 0.05) is 5.57 Å². The molecule has 2 aromatic rings. The summed E-state index contributed by atoms with van der Waals surface area (Å²) in [5.74, 6) is -0.0545. The van der Waals surface area contributed by atoms with Gasteiger partial charge in [0.05, 0.1) is 5.39 Å². The monoisotopic (exact) mass is 240 g/mol. The van der Waals surface area contributed by atoms with Crippen LogP contribution in [0.15, 0.2) is 51.7 Å². The highest BCUT2D eigenvalue weighted by molar-refractivity contribution is 5.83. The molecule has 3 rings (SSSR count). The molecule has 0 atom stereocenters. The van der Waals surface area contributed by atoms with Crippen molar-refractivity contribution in [2.75, 3.05) is 0 Å². The summed E-state index contributed by atoms with van der Waals surface area (Å²) in [5.41, 5.74) is 0.878. The molecule has 3 heteroatoms. The van der Waals surface area contributed by atoms with E-state index in [0.717, 1.165) is 18.4 Å². The van der Waals surface area contributed by atoms with Crippen molar-refractivity contribution in [3.63, 3.8) is 0 Å². The molecule has 18 heavy (non-hydrogen) atoms. The summed E-state index contributed by atoms with van der Waals surface area (Å²) < 4.78 is 5.64. The van der Waals surface area contributed by atoms with Gasteiger partial charge in [0.15, 0.2) is 5.76 Å². The van der Waals surface area contributed by atoms with Gasteiger partial charge < -0.3 is 9.52 Å². The molecule has 1 aromatic heterocycles. The van der Waals surface area contributed by atoms with Crippen molar-refractivity contribution in [3.8, 4) is 5.75 Å². The molecule has 90 valence electrons. The zero-order valence-electron chi connectivity index (χ0n) is 9.72. The van der Waals surface area contributed by atoms with Crippen LogP contribution in [-0.4, -0.2) is 5.11 Å². The molecule has 0 radical (unpaired) electrons. The Morgan fingerprint density at radius 2 is 2.00 bits per heavy atom. The van der Waals surface area contributed by atoms with Crippen LogP contribution in [0.25, 0.3) is 16.5 Å². The largest absolute Gasteiger partial charge is 0.502 e. The van der Waals surface area contributed by atoms with E-state index in [2.05, 4.69) is 0 Å². The standard InChI is InChI=1S/C15H12O3/c16-13-11-8-4-5-9-12(11)18-15(14(13)17)10-6-2-1-3-7-10/h2,4-9,17H,1,3H2. The molecule has 0 bridgehead atoms. The normalized spacial score (nSPS) is 14.8. The predicted octanol–water partition coefficient (Wildman–Crippen LogP) is 3.23. The van der Waals surface area contributed by atoms with Crippen molar-refractivity contribution < 1.29 is 9.52 Å². The number of rotatable bonds is 1. The quantitative estimate of drug-likeness (QED) is 0.832. The third kappa shape index (κ3) is 1.64. The molecule has 0 saturated carbocycles. The lowest BCUT2D eigenvalue weighted by Gasteiger charge is -2.08. The minimum absolute atomic E-state index is 0.259. The highest BCUT2D eigenvalue weighted by atomic mass is 16.4. The molecule has 0 spiro atoms. The van der Waals surface area contributed by atoms with Gasteiger partial charge in [-0.1, -0.05) is 30.4 Å². The summed E-state index contributed by atoms with van der Waals surface area (Å²) in [4.78, 5) is 12.0. The van der Waals surface area contributed by atoms with E-state index in [9.17, 15) is 9.90 Å². The first-order valence-corrected chi connectivity index (χ1v) is 5.89. The maximum atomic E-state index is 12.0. The van der Waals surface area contributed by atoms with Gasteiger partial charge in [-0.3, -0.25) is 4.79 Å². The topological polar surface area (TPSA) is 50.4 Å². The Hall–Kier alpha value is -2.29. The highest BCUT2D eigenvalue weighted by Crippen LogP contribution is 2.29. The average molecular weight is 240 g/mol. The van der Waals surface area contributed by atoms with E-state index < -0.39 is 0 Å². The minimum atomic E-state index is -0.383. The van der Waals surface area contributed by atoms with Gasteiger partial charge in [-0.15, -0.1) is 0 Å². The highest BCUT2D eigenvalue weighted by Gasteiger charge is 2.15. The number of hydrogen-bond acceptors (Lipinski definition) is 3. The van der Waals surface area contributed by atoms with Crippen molar-refractivity contribution in [1.29, 1.82) is 0 Å². The van der Waals surface area contributed by atoms with Crippen LogP contribution < -0.4 is 5.43 Å². The van der Waals surface area contributed by atoms with Crippen molar-refractivity contribution >= 4 is 16.5 Å². The zero-order valence-corrected chi connectivity index (χ0v) is 9.72. The Morgan fingerprint density at radius 3 is 2.78 bits per heavy atom. The molecule has 0 fully saturated rings. The van der Waals surface area contributed by atoms with Gasteiger partial charge in [0.25, 0.3) is 0 Å². The van der Waals surface area contributed by atoms with E-state index in [1.165, 1.54) is 0 Å². The maximum Gasteiger partial charge on any atom is 0.235 e. The fraction of sp³-hybridized carbons (Fsp3) is 0.133. The second kappa shape index (κ2) is 4.18. The van der Waals surface area contributed by atoms with Crippen LogP contribution >= 0.6 is 0 Å². The van der Waals surface area contributed by atoms with Gasteiger partial charge in [-0.25, -0.2) is 0 Å². The lowest BCUT2D eigenvalue weighted by atomic mass is 10.0. The summed E-state index contributed by atoms with van der Waals surface area (Å²) in [6.07, 6.45) is 7.71. The first-order valence-electron chi connectivity index (χ1n) is 5.89. The summed E-state index contributed by atoms with van der Waals surface area (Å²) in [5, 5.41) is 10.4. The van der Waals surface area contributed by atoms with Crippen molar-refractivity contribution in [3.05, 3.63) is 58.5 Å². The van der Waals surface area contributed by atoms with Crippen LogP contribution in [0, 0.1) is 0 Å². The van der Waals surface area contributed by atoms with E-state index >= 15 is 0 Å². The molecule has 1 aliphatic carbocycles. The van der Waals surface area contributed by atoms with Crippen molar-refractivity contribution in [1.82, 2.24) is 0 Å². The van der Waals surface area contributed by atoms with Crippen LogP contribution in [-0.2, 0) is 0 Å². The Labute approximate surface area is 104 Å². The molecule has 0 amide bonds.